The van der Waals surface area contributed by atoms with E-state index in [1.54, 1.807) is 0 Å². The lowest BCUT2D eigenvalue weighted by atomic mass is 9.76. The minimum Gasteiger partial charge on any atom is -0.465 e. The minimum atomic E-state index is -0.842. The SMILES string of the molecule is O=C(CCl)NC1CC(c2ccc(N3CCN(C(=O)O)CC3)cc2)C1. The molecule has 1 aromatic carbocycles. The van der Waals surface area contributed by atoms with E-state index >= 15 is 0 Å². The first-order valence-electron chi connectivity index (χ1n) is 8.25. The van der Waals surface area contributed by atoms with Gasteiger partial charge in [0, 0.05) is 37.9 Å². The number of carboxylic acid groups (broad SMARTS) is 1. The number of halogens is 1. The second-order valence-electron chi connectivity index (χ2n) is 6.41. The van der Waals surface area contributed by atoms with Crippen molar-refractivity contribution in [1.29, 1.82) is 0 Å². The zero-order valence-corrected chi connectivity index (χ0v) is 14.2. The maximum Gasteiger partial charge on any atom is 0.407 e. The summed E-state index contributed by atoms with van der Waals surface area (Å²) in [5.74, 6) is 0.407. The van der Waals surface area contributed by atoms with E-state index in [2.05, 4.69) is 34.5 Å². The van der Waals surface area contributed by atoms with Crippen molar-refractivity contribution in [3.05, 3.63) is 29.8 Å². The predicted octanol–water partition coefficient (Wildman–Crippen LogP) is 2.09. The number of hydrogen-bond acceptors (Lipinski definition) is 3. The Balaban J connectivity index is 1.50. The number of carbonyl (C=O) groups excluding carboxylic acids is 1. The average molecular weight is 352 g/mol. The first-order chi connectivity index (χ1) is 11.6. The van der Waals surface area contributed by atoms with Crippen LogP contribution >= 0.6 is 11.6 Å². The van der Waals surface area contributed by atoms with E-state index in [9.17, 15) is 9.59 Å². The number of carbonyl (C=O) groups is 2. The lowest BCUT2D eigenvalue weighted by molar-refractivity contribution is -0.120. The highest BCUT2D eigenvalue weighted by Crippen LogP contribution is 2.37. The summed E-state index contributed by atoms with van der Waals surface area (Å²) in [6.45, 7) is 2.53. The molecule has 1 aromatic rings. The molecule has 2 amide bonds. The van der Waals surface area contributed by atoms with Gasteiger partial charge in [0.15, 0.2) is 0 Å². The number of alkyl halides is 1. The average Bonchev–Trinajstić information content (AvgIpc) is 2.58. The highest BCUT2D eigenvalue weighted by molar-refractivity contribution is 6.27. The van der Waals surface area contributed by atoms with E-state index in [-0.39, 0.29) is 17.8 Å². The van der Waals surface area contributed by atoms with Gasteiger partial charge in [-0.05, 0) is 36.5 Å². The summed E-state index contributed by atoms with van der Waals surface area (Å²) in [5.41, 5.74) is 2.43. The van der Waals surface area contributed by atoms with Crippen LogP contribution in [0.1, 0.15) is 24.3 Å². The molecule has 0 atom stereocenters. The Morgan fingerprint density at radius 2 is 1.75 bits per heavy atom. The van der Waals surface area contributed by atoms with Gasteiger partial charge in [-0.25, -0.2) is 4.79 Å². The third-order valence-corrected chi connectivity index (χ3v) is 5.15. The van der Waals surface area contributed by atoms with Crippen LogP contribution in [0.5, 0.6) is 0 Å². The number of piperazine rings is 1. The molecule has 7 heteroatoms. The van der Waals surface area contributed by atoms with Crippen molar-refractivity contribution in [2.75, 3.05) is 37.0 Å². The van der Waals surface area contributed by atoms with Gasteiger partial charge in [0.25, 0.3) is 0 Å². The van der Waals surface area contributed by atoms with Gasteiger partial charge >= 0.3 is 6.09 Å². The lowest BCUT2D eigenvalue weighted by Gasteiger charge is -2.37. The zero-order chi connectivity index (χ0) is 17.1. The third-order valence-electron chi connectivity index (χ3n) is 4.90. The molecule has 1 aliphatic carbocycles. The topological polar surface area (TPSA) is 72.9 Å². The van der Waals surface area contributed by atoms with Crippen LogP contribution in [0, 0.1) is 0 Å². The van der Waals surface area contributed by atoms with Gasteiger partial charge in [0.2, 0.25) is 5.91 Å². The van der Waals surface area contributed by atoms with Gasteiger partial charge in [0.1, 0.15) is 5.88 Å². The number of amides is 2. The number of nitrogens with one attached hydrogen (secondary N) is 1. The van der Waals surface area contributed by atoms with Crippen LogP contribution in [0.15, 0.2) is 24.3 Å². The number of nitrogens with zero attached hydrogens (tertiary/aromatic N) is 2. The summed E-state index contributed by atoms with van der Waals surface area (Å²) in [7, 11) is 0. The first-order valence-corrected chi connectivity index (χ1v) is 8.78. The van der Waals surface area contributed by atoms with Gasteiger partial charge in [0.05, 0.1) is 0 Å². The van der Waals surface area contributed by atoms with Crippen LogP contribution < -0.4 is 10.2 Å². The molecule has 0 aromatic heterocycles. The van der Waals surface area contributed by atoms with E-state index in [1.165, 1.54) is 10.5 Å². The smallest absolute Gasteiger partial charge is 0.407 e. The molecule has 130 valence electrons. The fourth-order valence-corrected chi connectivity index (χ4v) is 3.46. The summed E-state index contributed by atoms with van der Waals surface area (Å²) >= 11 is 5.50. The molecule has 24 heavy (non-hydrogen) atoms. The summed E-state index contributed by atoms with van der Waals surface area (Å²) in [6.07, 6.45) is 1.07. The molecular formula is C17H22ClN3O3. The summed E-state index contributed by atoms with van der Waals surface area (Å²) < 4.78 is 0. The predicted molar refractivity (Wildman–Crippen MR) is 92.9 cm³/mol. The maximum absolute atomic E-state index is 11.3. The highest BCUT2D eigenvalue weighted by atomic mass is 35.5. The van der Waals surface area contributed by atoms with E-state index in [1.807, 2.05) is 0 Å². The number of benzene rings is 1. The third kappa shape index (κ3) is 3.75. The second kappa shape index (κ2) is 7.30. The van der Waals surface area contributed by atoms with Crippen molar-refractivity contribution in [2.45, 2.75) is 24.8 Å². The quantitative estimate of drug-likeness (QED) is 0.815. The Bertz CT molecular complexity index is 594. The molecule has 3 rings (SSSR count). The number of anilines is 1. The highest BCUT2D eigenvalue weighted by Gasteiger charge is 2.31. The van der Waals surface area contributed by atoms with E-state index < -0.39 is 6.09 Å². The molecule has 1 aliphatic heterocycles. The molecule has 0 spiro atoms. The summed E-state index contributed by atoms with van der Waals surface area (Å²) in [4.78, 5) is 25.9. The van der Waals surface area contributed by atoms with E-state index in [4.69, 9.17) is 16.7 Å². The van der Waals surface area contributed by atoms with Gasteiger partial charge in [-0.2, -0.15) is 0 Å². The molecule has 6 nitrogen and oxygen atoms in total. The van der Waals surface area contributed by atoms with Crippen molar-refractivity contribution in [1.82, 2.24) is 10.2 Å². The normalized spacial score (nSPS) is 23.5. The molecule has 1 saturated heterocycles. The number of rotatable bonds is 4. The maximum atomic E-state index is 11.3. The van der Waals surface area contributed by atoms with Crippen LogP contribution in [-0.2, 0) is 4.79 Å². The molecule has 1 heterocycles. The standard InChI is InChI=1S/C17H22ClN3O3/c18-11-16(22)19-14-9-13(10-14)12-1-3-15(4-2-12)20-5-7-21(8-6-20)17(23)24/h1-4,13-14H,5-11H2,(H,19,22)(H,23,24). The lowest BCUT2D eigenvalue weighted by Crippen LogP contribution is -2.48. The Kier molecular flexibility index (Phi) is 5.14. The van der Waals surface area contributed by atoms with E-state index in [0.29, 0.717) is 19.0 Å². The van der Waals surface area contributed by atoms with Crippen molar-refractivity contribution in [3.63, 3.8) is 0 Å². The van der Waals surface area contributed by atoms with Gasteiger partial charge in [-0.3, -0.25) is 4.79 Å². The summed E-state index contributed by atoms with van der Waals surface area (Å²) in [6, 6.07) is 8.74. The Hall–Kier alpha value is -1.95. The first kappa shape index (κ1) is 16.9. The molecule has 0 radical (unpaired) electrons. The minimum absolute atomic E-state index is 0.0189. The Morgan fingerprint density at radius 1 is 1.12 bits per heavy atom. The van der Waals surface area contributed by atoms with Crippen LogP contribution in [0.2, 0.25) is 0 Å². The van der Waals surface area contributed by atoms with Crippen molar-refractivity contribution in [2.24, 2.45) is 0 Å². The monoisotopic (exact) mass is 351 g/mol. The largest absolute Gasteiger partial charge is 0.465 e. The summed E-state index contributed by atoms with van der Waals surface area (Å²) in [5, 5.41) is 11.9. The molecule has 0 unspecified atom stereocenters. The fourth-order valence-electron chi connectivity index (χ4n) is 3.39. The van der Waals surface area contributed by atoms with Crippen LogP contribution in [0.25, 0.3) is 0 Å². The molecular weight excluding hydrogens is 330 g/mol. The molecule has 2 fully saturated rings. The zero-order valence-electron chi connectivity index (χ0n) is 13.4. The molecule has 1 saturated carbocycles. The van der Waals surface area contributed by atoms with Gasteiger partial charge < -0.3 is 20.2 Å². The fraction of sp³-hybridized carbons (Fsp3) is 0.529. The number of hydrogen-bond donors (Lipinski definition) is 2. The van der Waals surface area contributed by atoms with Crippen molar-refractivity contribution >= 4 is 29.3 Å². The van der Waals surface area contributed by atoms with E-state index in [0.717, 1.165) is 31.6 Å². The van der Waals surface area contributed by atoms with Crippen LogP contribution in [-0.4, -0.2) is 60.1 Å². The second-order valence-corrected chi connectivity index (χ2v) is 6.68. The van der Waals surface area contributed by atoms with Crippen molar-refractivity contribution in [3.8, 4) is 0 Å². The molecule has 2 aliphatic rings. The Labute approximate surface area is 146 Å². The molecule has 0 bridgehead atoms. The van der Waals surface area contributed by atoms with Gasteiger partial charge in [-0.1, -0.05) is 12.1 Å². The van der Waals surface area contributed by atoms with Gasteiger partial charge in [-0.15, -0.1) is 11.6 Å². The molecule has 2 N–H and O–H groups in total. The Morgan fingerprint density at radius 3 is 2.29 bits per heavy atom. The van der Waals surface area contributed by atoms with Crippen LogP contribution in [0.4, 0.5) is 10.5 Å². The van der Waals surface area contributed by atoms with Crippen molar-refractivity contribution < 1.29 is 14.7 Å². The van der Waals surface area contributed by atoms with Crippen LogP contribution in [0.3, 0.4) is 0 Å².